The maximum atomic E-state index is 12.9. The first-order valence-electron chi connectivity index (χ1n) is 8.40. The van der Waals surface area contributed by atoms with E-state index in [4.69, 9.17) is 5.73 Å². The third-order valence-corrected chi connectivity index (χ3v) is 4.00. The number of halogens is 1. The fourth-order valence-corrected chi connectivity index (χ4v) is 2.58. The topological polar surface area (TPSA) is 63.4 Å². The molecule has 0 aromatic heterocycles. The molecule has 25 heavy (non-hydrogen) atoms. The highest BCUT2D eigenvalue weighted by Crippen LogP contribution is 2.09. The molecule has 2 aromatic carbocycles. The Bertz CT molecular complexity index is 687. The number of rotatable bonds is 9. The van der Waals surface area contributed by atoms with Crippen LogP contribution in [-0.4, -0.2) is 36.2 Å². The molecular formula is C20H23FN2O2. The van der Waals surface area contributed by atoms with Gasteiger partial charge in [-0.3, -0.25) is 9.59 Å². The Morgan fingerprint density at radius 3 is 2.24 bits per heavy atom. The average Bonchev–Trinajstić information content (AvgIpc) is 2.64. The first-order chi connectivity index (χ1) is 12.1. The number of benzene rings is 2. The Labute approximate surface area is 147 Å². The van der Waals surface area contributed by atoms with Crippen LogP contribution in [0.15, 0.2) is 54.6 Å². The van der Waals surface area contributed by atoms with Crippen LogP contribution in [0.4, 0.5) is 4.39 Å². The number of amides is 1. The smallest absolute Gasteiger partial charge is 0.223 e. The van der Waals surface area contributed by atoms with Gasteiger partial charge in [0.25, 0.3) is 0 Å². The number of nitrogens with two attached hydrogens (primary N) is 1. The first-order valence-corrected chi connectivity index (χ1v) is 8.40. The number of ketones is 1. The van der Waals surface area contributed by atoms with Gasteiger partial charge in [0.1, 0.15) is 5.82 Å². The zero-order chi connectivity index (χ0) is 18.1. The van der Waals surface area contributed by atoms with E-state index in [1.807, 2.05) is 30.3 Å². The van der Waals surface area contributed by atoms with Crippen LogP contribution in [0, 0.1) is 5.82 Å². The third-order valence-electron chi connectivity index (χ3n) is 4.00. The standard InChI is InChI=1S/C20H23FN2O2/c21-18-8-6-17(7-9-18)19(24)10-11-20(25)23(15-13-22)14-12-16-4-2-1-3-5-16/h1-9H,10-15,22H2. The molecule has 0 aliphatic rings. The van der Waals surface area contributed by atoms with Crippen molar-refractivity contribution in [1.82, 2.24) is 4.90 Å². The number of hydrogen-bond donors (Lipinski definition) is 1. The molecule has 0 bridgehead atoms. The highest BCUT2D eigenvalue weighted by molar-refractivity contribution is 5.97. The Hall–Kier alpha value is -2.53. The van der Waals surface area contributed by atoms with E-state index in [1.165, 1.54) is 24.3 Å². The second-order valence-electron chi connectivity index (χ2n) is 5.84. The van der Waals surface area contributed by atoms with Crippen molar-refractivity contribution in [2.45, 2.75) is 19.3 Å². The zero-order valence-corrected chi connectivity index (χ0v) is 14.2. The van der Waals surface area contributed by atoms with E-state index in [1.54, 1.807) is 4.90 Å². The highest BCUT2D eigenvalue weighted by atomic mass is 19.1. The van der Waals surface area contributed by atoms with E-state index in [0.29, 0.717) is 25.2 Å². The predicted molar refractivity (Wildman–Crippen MR) is 95.7 cm³/mol. The highest BCUT2D eigenvalue weighted by Gasteiger charge is 2.15. The van der Waals surface area contributed by atoms with Crippen molar-refractivity contribution in [3.63, 3.8) is 0 Å². The minimum atomic E-state index is -0.386. The van der Waals surface area contributed by atoms with E-state index in [0.717, 1.165) is 12.0 Å². The lowest BCUT2D eigenvalue weighted by molar-refractivity contribution is -0.131. The summed E-state index contributed by atoms with van der Waals surface area (Å²) in [5, 5.41) is 0. The van der Waals surface area contributed by atoms with Crippen molar-refractivity contribution in [2.24, 2.45) is 5.73 Å². The molecule has 2 rings (SSSR count). The average molecular weight is 342 g/mol. The molecule has 132 valence electrons. The van der Waals surface area contributed by atoms with Gasteiger partial charge in [0.05, 0.1) is 0 Å². The lowest BCUT2D eigenvalue weighted by atomic mass is 10.1. The van der Waals surface area contributed by atoms with Gasteiger partial charge in [0.15, 0.2) is 5.78 Å². The molecule has 0 saturated heterocycles. The van der Waals surface area contributed by atoms with Gasteiger partial charge in [-0.2, -0.15) is 0 Å². The second kappa shape index (κ2) is 9.69. The Morgan fingerprint density at radius 1 is 0.920 bits per heavy atom. The van der Waals surface area contributed by atoms with E-state index in [9.17, 15) is 14.0 Å². The summed E-state index contributed by atoms with van der Waals surface area (Å²) in [6.45, 7) is 1.42. The fourth-order valence-electron chi connectivity index (χ4n) is 2.58. The minimum Gasteiger partial charge on any atom is -0.341 e. The summed E-state index contributed by atoms with van der Waals surface area (Å²) in [6.07, 6.45) is 0.986. The first kappa shape index (κ1) is 18.8. The van der Waals surface area contributed by atoms with E-state index in [-0.39, 0.29) is 30.3 Å². The fraction of sp³-hybridized carbons (Fsp3) is 0.300. The van der Waals surface area contributed by atoms with Gasteiger partial charge in [0.2, 0.25) is 5.91 Å². The SMILES string of the molecule is NCCN(CCc1ccccc1)C(=O)CCC(=O)c1ccc(F)cc1. The summed E-state index contributed by atoms with van der Waals surface area (Å²) < 4.78 is 12.9. The monoisotopic (exact) mass is 342 g/mol. The van der Waals surface area contributed by atoms with Crippen LogP contribution >= 0.6 is 0 Å². The van der Waals surface area contributed by atoms with Crippen LogP contribution in [0.25, 0.3) is 0 Å². The van der Waals surface area contributed by atoms with Crippen LogP contribution in [0.5, 0.6) is 0 Å². The molecule has 0 saturated carbocycles. The molecule has 4 nitrogen and oxygen atoms in total. The molecule has 0 unspecified atom stereocenters. The Morgan fingerprint density at radius 2 is 1.60 bits per heavy atom. The van der Waals surface area contributed by atoms with E-state index >= 15 is 0 Å². The number of Topliss-reactive ketones (excluding diaryl/α,β-unsaturated/α-hetero) is 1. The van der Waals surface area contributed by atoms with Crippen molar-refractivity contribution < 1.29 is 14.0 Å². The molecule has 0 heterocycles. The summed E-state index contributed by atoms with van der Waals surface area (Å²) in [4.78, 5) is 26.2. The minimum absolute atomic E-state index is 0.0863. The molecular weight excluding hydrogens is 319 g/mol. The second-order valence-corrected chi connectivity index (χ2v) is 5.84. The van der Waals surface area contributed by atoms with E-state index in [2.05, 4.69) is 0 Å². The van der Waals surface area contributed by atoms with Gasteiger partial charge in [0, 0.05) is 38.0 Å². The quantitative estimate of drug-likeness (QED) is 0.713. The van der Waals surface area contributed by atoms with Crippen molar-refractivity contribution >= 4 is 11.7 Å². The predicted octanol–water partition coefficient (Wildman–Crippen LogP) is 2.82. The van der Waals surface area contributed by atoms with Crippen molar-refractivity contribution in [3.05, 3.63) is 71.5 Å². The maximum Gasteiger partial charge on any atom is 0.223 e. The van der Waals surface area contributed by atoms with Crippen molar-refractivity contribution in [3.8, 4) is 0 Å². The number of nitrogens with zero attached hydrogens (tertiary/aromatic N) is 1. The normalized spacial score (nSPS) is 10.5. The Balaban J connectivity index is 1.86. The molecule has 5 heteroatoms. The van der Waals surface area contributed by atoms with Gasteiger partial charge >= 0.3 is 0 Å². The molecule has 0 spiro atoms. The van der Waals surface area contributed by atoms with Gasteiger partial charge in [-0.05, 0) is 36.2 Å². The van der Waals surface area contributed by atoms with Crippen molar-refractivity contribution in [2.75, 3.05) is 19.6 Å². The lowest BCUT2D eigenvalue weighted by Gasteiger charge is -2.22. The largest absolute Gasteiger partial charge is 0.341 e. The lowest BCUT2D eigenvalue weighted by Crippen LogP contribution is -2.37. The van der Waals surface area contributed by atoms with Crippen LogP contribution in [0.2, 0.25) is 0 Å². The van der Waals surface area contributed by atoms with Crippen LogP contribution < -0.4 is 5.73 Å². The molecule has 1 amide bonds. The van der Waals surface area contributed by atoms with E-state index < -0.39 is 0 Å². The van der Waals surface area contributed by atoms with Crippen LogP contribution in [-0.2, 0) is 11.2 Å². The van der Waals surface area contributed by atoms with Crippen LogP contribution in [0.1, 0.15) is 28.8 Å². The molecule has 0 aliphatic carbocycles. The Kier molecular flexibility index (Phi) is 7.29. The van der Waals surface area contributed by atoms with Crippen LogP contribution in [0.3, 0.4) is 0 Å². The molecule has 0 fully saturated rings. The summed E-state index contributed by atoms with van der Waals surface area (Å²) in [6, 6.07) is 15.3. The van der Waals surface area contributed by atoms with Gasteiger partial charge in [-0.25, -0.2) is 4.39 Å². The molecule has 0 atom stereocenters. The van der Waals surface area contributed by atoms with Gasteiger partial charge < -0.3 is 10.6 Å². The molecule has 2 N–H and O–H groups in total. The number of carbonyl (C=O) groups is 2. The summed E-state index contributed by atoms with van der Waals surface area (Å²) in [5.41, 5.74) is 7.17. The van der Waals surface area contributed by atoms with Gasteiger partial charge in [-0.1, -0.05) is 30.3 Å². The number of carbonyl (C=O) groups excluding carboxylic acids is 2. The van der Waals surface area contributed by atoms with Gasteiger partial charge in [-0.15, -0.1) is 0 Å². The summed E-state index contributed by atoms with van der Waals surface area (Å²) in [7, 11) is 0. The third kappa shape index (κ3) is 6.12. The molecule has 0 radical (unpaired) electrons. The summed E-state index contributed by atoms with van der Waals surface area (Å²) >= 11 is 0. The zero-order valence-electron chi connectivity index (χ0n) is 14.2. The number of hydrogen-bond acceptors (Lipinski definition) is 3. The molecule has 2 aromatic rings. The molecule has 0 aliphatic heterocycles. The van der Waals surface area contributed by atoms with Crippen molar-refractivity contribution in [1.29, 1.82) is 0 Å². The summed E-state index contributed by atoms with van der Waals surface area (Å²) in [5.74, 6) is -0.636. The maximum absolute atomic E-state index is 12.9.